The van der Waals surface area contributed by atoms with Gasteiger partial charge in [-0.05, 0) is 7.05 Å². The smallest absolute Gasteiger partial charge is 0.304 e. The van der Waals surface area contributed by atoms with Gasteiger partial charge in [-0.3, -0.25) is 9.69 Å². The van der Waals surface area contributed by atoms with Gasteiger partial charge in [-0.25, -0.2) is 0 Å². The molecule has 0 atom stereocenters. The molecule has 0 aliphatic carbocycles. The third kappa shape index (κ3) is 3.53. The van der Waals surface area contributed by atoms with Gasteiger partial charge in [0.2, 0.25) is 5.89 Å². The molecular formula is C8H13N3O3. The van der Waals surface area contributed by atoms with Gasteiger partial charge in [-0.1, -0.05) is 5.16 Å². The Morgan fingerprint density at radius 2 is 2.36 bits per heavy atom. The Hall–Kier alpha value is -1.43. The highest BCUT2D eigenvalue weighted by molar-refractivity contribution is 5.66. The number of carboxylic acid groups (broad SMARTS) is 1. The predicted octanol–water partition coefficient (Wildman–Crippen LogP) is 0.285. The number of carbonyl (C=O) groups is 1. The molecule has 0 saturated heterocycles. The summed E-state index contributed by atoms with van der Waals surface area (Å²) in [5.74, 6) is 0.295. The van der Waals surface area contributed by atoms with Crippen LogP contribution in [-0.4, -0.2) is 39.7 Å². The predicted molar refractivity (Wildman–Crippen MR) is 47.6 cm³/mol. The molecule has 1 N–H and O–H groups in total. The summed E-state index contributed by atoms with van der Waals surface area (Å²) >= 11 is 0. The Morgan fingerprint density at radius 3 is 2.86 bits per heavy atom. The quantitative estimate of drug-likeness (QED) is 0.734. The van der Waals surface area contributed by atoms with Crippen molar-refractivity contribution in [2.45, 2.75) is 19.9 Å². The van der Waals surface area contributed by atoms with E-state index >= 15 is 0 Å². The first kappa shape index (κ1) is 10.6. The lowest BCUT2D eigenvalue weighted by Crippen LogP contribution is -2.21. The number of aryl methyl sites for hydroxylation is 1. The average Bonchev–Trinajstić information content (AvgIpc) is 2.48. The molecule has 0 radical (unpaired) electrons. The third-order valence-electron chi connectivity index (χ3n) is 1.69. The zero-order valence-corrected chi connectivity index (χ0v) is 8.23. The molecule has 1 heterocycles. The number of nitrogens with zero attached hydrogens (tertiary/aromatic N) is 3. The highest BCUT2D eigenvalue weighted by Crippen LogP contribution is 1.99. The summed E-state index contributed by atoms with van der Waals surface area (Å²) in [5, 5.41) is 12.2. The van der Waals surface area contributed by atoms with Crippen LogP contribution in [-0.2, 0) is 11.3 Å². The first-order valence-electron chi connectivity index (χ1n) is 4.27. The van der Waals surface area contributed by atoms with Crippen molar-refractivity contribution in [3.05, 3.63) is 11.7 Å². The maximum atomic E-state index is 10.3. The molecule has 0 bridgehead atoms. The van der Waals surface area contributed by atoms with Gasteiger partial charge in [-0.15, -0.1) is 0 Å². The van der Waals surface area contributed by atoms with Crippen molar-refractivity contribution in [3.63, 3.8) is 0 Å². The first-order valence-corrected chi connectivity index (χ1v) is 4.27. The van der Waals surface area contributed by atoms with Gasteiger partial charge in [0, 0.05) is 13.5 Å². The van der Waals surface area contributed by atoms with E-state index in [2.05, 4.69) is 10.1 Å². The molecule has 6 nitrogen and oxygen atoms in total. The number of hydrogen-bond acceptors (Lipinski definition) is 5. The van der Waals surface area contributed by atoms with E-state index in [1.165, 1.54) is 0 Å². The fourth-order valence-electron chi connectivity index (χ4n) is 1.01. The fraction of sp³-hybridized carbons (Fsp3) is 0.625. The van der Waals surface area contributed by atoms with Crippen LogP contribution < -0.4 is 0 Å². The van der Waals surface area contributed by atoms with Crippen LogP contribution >= 0.6 is 0 Å². The molecule has 0 aliphatic heterocycles. The fourth-order valence-corrected chi connectivity index (χ4v) is 1.01. The van der Waals surface area contributed by atoms with Gasteiger partial charge in [0.1, 0.15) is 0 Å². The Kier molecular flexibility index (Phi) is 3.58. The lowest BCUT2D eigenvalue weighted by molar-refractivity contribution is -0.137. The van der Waals surface area contributed by atoms with Crippen LogP contribution in [0.5, 0.6) is 0 Å². The number of aromatic nitrogens is 2. The Bertz CT molecular complexity index is 311. The van der Waals surface area contributed by atoms with E-state index in [1.807, 2.05) is 11.9 Å². The lowest BCUT2D eigenvalue weighted by Gasteiger charge is -2.11. The van der Waals surface area contributed by atoms with E-state index in [4.69, 9.17) is 9.63 Å². The number of aliphatic carboxylic acids is 1. The molecule has 0 aliphatic rings. The van der Waals surface area contributed by atoms with Gasteiger partial charge < -0.3 is 9.63 Å². The van der Waals surface area contributed by atoms with Gasteiger partial charge in [0.05, 0.1) is 13.0 Å². The van der Waals surface area contributed by atoms with Crippen LogP contribution in [0, 0.1) is 6.92 Å². The number of hydrogen-bond donors (Lipinski definition) is 1. The van der Waals surface area contributed by atoms with Crippen LogP contribution in [0.15, 0.2) is 4.52 Å². The molecule has 0 amide bonds. The number of carboxylic acids is 1. The molecule has 0 aromatic carbocycles. The van der Waals surface area contributed by atoms with E-state index in [0.29, 0.717) is 24.8 Å². The molecule has 0 saturated carbocycles. The number of rotatable bonds is 5. The molecule has 0 unspecified atom stereocenters. The molecule has 1 aromatic rings. The highest BCUT2D eigenvalue weighted by Gasteiger charge is 2.07. The molecule has 0 fully saturated rings. The van der Waals surface area contributed by atoms with Crippen molar-refractivity contribution in [1.82, 2.24) is 15.0 Å². The second-order valence-corrected chi connectivity index (χ2v) is 3.11. The molecule has 6 heteroatoms. The van der Waals surface area contributed by atoms with Crippen LogP contribution in [0.3, 0.4) is 0 Å². The second-order valence-electron chi connectivity index (χ2n) is 3.11. The lowest BCUT2D eigenvalue weighted by atomic mass is 10.4. The summed E-state index contributed by atoms with van der Waals surface area (Å²) < 4.78 is 4.79. The molecule has 78 valence electrons. The van der Waals surface area contributed by atoms with Crippen LogP contribution in [0.25, 0.3) is 0 Å². The monoisotopic (exact) mass is 199 g/mol. The van der Waals surface area contributed by atoms with E-state index < -0.39 is 5.97 Å². The maximum Gasteiger partial charge on any atom is 0.304 e. The van der Waals surface area contributed by atoms with E-state index in [0.717, 1.165) is 0 Å². The second kappa shape index (κ2) is 4.71. The van der Waals surface area contributed by atoms with Crippen molar-refractivity contribution in [1.29, 1.82) is 0 Å². The molecular weight excluding hydrogens is 186 g/mol. The van der Waals surface area contributed by atoms with Crippen LogP contribution in [0.4, 0.5) is 0 Å². The molecule has 1 aromatic heterocycles. The van der Waals surface area contributed by atoms with Crippen molar-refractivity contribution >= 4 is 5.97 Å². The van der Waals surface area contributed by atoms with Crippen molar-refractivity contribution in [2.24, 2.45) is 0 Å². The molecule has 1 rings (SSSR count). The minimum Gasteiger partial charge on any atom is -0.481 e. The highest BCUT2D eigenvalue weighted by atomic mass is 16.5. The minimum atomic E-state index is -0.804. The van der Waals surface area contributed by atoms with Gasteiger partial charge in [0.25, 0.3) is 0 Å². The van der Waals surface area contributed by atoms with E-state index in [9.17, 15) is 4.79 Å². The first-order chi connectivity index (χ1) is 6.58. The third-order valence-corrected chi connectivity index (χ3v) is 1.69. The minimum absolute atomic E-state index is 0.118. The van der Waals surface area contributed by atoms with Gasteiger partial charge >= 0.3 is 5.97 Å². The largest absolute Gasteiger partial charge is 0.481 e. The van der Waals surface area contributed by atoms with Crippen molar-refractivity contribution in [3.8, 4) is 0 Å². The Morgan fingerprint density at radius 1 is 1.64 bits per heavy atom. The zero-order valence-electron chi connectivity index (χ0n) is 8.23. The van der Waals surface area contributed by atoms with Crippen molar-refractivity contribution in [2.75, 3.05) is 13.6 Å². The Balaban J connectivity index is 2.33. The standard InChI is InChI=1S/C8H13N3O3/c1-6-9-7(10-14-6)5-11(2)4-3-8(12)13/h3-5H2,1-2H3,(H,12,13). The normalized spacial score (nSPS) is 10.8. The zero-order chi connectivity index (χ0) is 10.6. The topological polar surface area (TPSA) is 79.5 Å². The summed E-state index contributed by atoms with van der Waals surface area (Å²) in [6.07, 6.45) is 0.118. The summed E-state index contributed by atoms with van der Waals surface area (Å²) in [4.78, 5) is 16.1. The van der Waals surface area contributed by atoms with Crippen LogP contribution in [0.1, 0.15) is 18.1 Å². The maximum absolute atomic E-state index is 10.3. The summed E-state index contributed by atoms with van der Waals surface area (Å²) in [5.41, 5.74) is 0. The van der Waals surface area contributed by atoms with E-state index in [1.54, 1.807) is 6.92 Å². The van der Waals surface area contributed by atoms with Gasteiger partial charge in [0.15, 0.2) is 5.82 Å². The molecule has 14 heavy (non-hydrogen) atoms. The van der Waals surface area contributed by atoms with Crippen molar-refractivity contribution < 1.29 is 14.4 Å². The van der Waals surface area contributed by atoms with E-state index in [-0.39, 0.29) is 6.42 Å². The van der Waals surface area contributed by atoms with Gasteiger partial charge in [-0.2, -0.15) is 4.98 Å². The summed E-state index contributed by atoms with van der Waals surface area (Å²) in [6.45, 7) is 2.70. The summed E-state index contributed by atoms with van der Waals surface area (Å²) in [6, 6.07) is 0. The van der Waals surface area contributed by atoms with Crippen LogP contribution in [0.2, 0.25) is 0 Å². The SMILES string of the molecule is Cc1nc(CN(C)CCC(=O)O)no1. The Labute approximate surface area is 81.5 Å². The summed E-state index contributed by atoms with van der Waals surface area (Å²) in [7, 11) is 1.81. The average molecular weight is 199 g/mol. The molecule has 0 spiro atoms.